The van der Waals surface area contributed by atoms with Crippen LogP contribution in [0.4, 0.5) is 28.9 Å². The van der Waals surface area contributed by atoms with Crippen LogP contribution >= 0.6 is 0 Å². The van der Waals surface area contributed by atoms with Gasteiger partial charge < -0.3 is 10.0 Å². The second-order valence-corrected chi connectivity index (χ2v) is 4.51. The summed E-state index contributed by atoms with van der Waals surface area (Å²) in [5, 5.41) is 9.00. The van der Waals surface area contributed by atoms with Crippen molar-refractivity contribution in [2.75, 3.05) is 11.9 Å². The van der Waals surface area contributed by atoms with Gasteiger partial charge in [-0.15, -0.1) is 0 Å². The van der Waals surface area contributed by atoms with Gasteiger partial charge in [-0.3, -0.25) is 0 Å². The van der Waals surface area contributed by atoms with Crippen LogP contribution in [0.5, 0.6) is 0 Å². The normalized spacial score (nSPS) is 11.5. The van der Waals surface area contributed by atoms with Crippen LogP contribution in [0.25, 0.3) is 0 Å². The Bertz CT molecular complexity index is 640. The number of rotatable bonds is 3. The molecule has 0 spiro atoms. The third-order valence-electron chi connectivity index (χ3n) is 3.17. The van der Waals surface area contributed by atoms with Crippen molar-refractivity contribution in [1.82, 2.24) is 0 Å². The van der Waals surface area contributed by atoms with Crippen molar-refractivity contribution in [3.63, 3.8) is 0 Å². The third-order valence-corrected chi connectivity index (χ3v) is 3.17. The van der Waals surface area contributed by atoms with Gasteiger partial charge in [-0.1, -0.05) is 18.2 Å². The predicted molar refractivity (Wildman–Crippen MR) is 71.8 cm³/mol. The number of alkyl halides is 3. The maximum atomic E-state index is 13.7. The molecule has 0 unspecified atom stereocenters. The van der Waals surface area contributed by atoms with Crippen LogP contribution < -0.4 is 4.90 Å². The zero-order valence-electron chi connectivity index (χ0n) is 11.2. The molecule has 0 aliphatic heterocycles. The third kappa shape index (κ3) is 3.16. The van der Waals surface area contributed by atoms with Crippen molar-refractivity contribution in [1.29, 1.82) is 0 Å². The van der Waals surface area contributed by atoms with Gasteiger partial charge in [-0.2, -0.15) is 13.2 Å². The Morgan fingerprint density at radius 3 is 2.33 bits per heavy atom. The summed E-state index contributed by atoms with van der Waals surface area (Å²) >= 11 is 0. The van der Waals surface area contributed by atoms with Crippen molar-refractivity contribution in [2.24, 2.45) is 0 Å². The molecule has 0 aliphatic rings. The monoisotopic (exact) mass is 299 g/mol. The first-order valence-corrected chi connectivity index (χ1v) is 6.14. The van der Waals surface area contributed by atoms with Gasteiger partial charge in [0.1, 0.15) is 5.82 Å². The summed E-state index contributed by atoms with van der Waals surface area (Å²) in [6, 6.07) is 9.31. The number of para-hydroxylation sites is 1. The molecular weight excluding hydrogens is 286 g/mol. The lowest BCUT2D eigenvalue weighted by Gasteiger charge is -2.22. The SMILES string of the molecule is CN(c1ccc(CO)c(C(F)(F)F)c1)c1ccccc1F. The summed E-state index contributed by atoms with van der Waals surface area (Å²) in [6.07, 6.45) is -4.58. The molecule has 0 aromatic heterocycles. The molecule has 0 fully saturated rings. The summed E-state index contributed by atoms with van der Waals surface area (Å²) in [6.45, 7) is -0.710. The van der Waals surface area contributed by atoms with Crippen LogP contribution in [-0.4, -0.2) is 12.2 Å². The molecular formula is C15H13F4NO. The molecule has 21 heavy (non-hydrogen) atoms. The Labute approximate surface area is 119 Å². The lowest BCUT2D eigenvalue weighted by atomic mass is 10.1. The Morgan fingerprint density at radius 2 is 1.76 bits per heavy atom. The highest BCUT2D eigenvalue weighted by molar-refractivity contribution is 5.64. The van der Waals surface area contributed by atoms with Crippen LogP contribution in [0.1, 0.15) is 11.1 Å². The molecule has 0 bridgehead atoms. The van der Waals surface area contributed by atoms with Crippen molar-refractivity contribution >= 4 is 11.4 Å². The first kappa shape index (κ1) is 15.3. The first-order chi connectivity index (χ1) is 9.84. The van der Waals surface area contributed by atoms with E-state index in [0.29, 0.717) is 0 Å². The van der Waals surface area contributed by atoms with Crippen LogP contribution in [0.2, 0.25) is 0 Å². The van der Waals surface area contributed by atoms with E-state index < -0.39 is 24.2 Å². The minimum atomic E-state index is -4.58. The van der Waals surface area contributed by atoms with Gasteiger partial charge in [-0.05, 0) is 29.8 Å². The highest BCUT2D eigenvalue weighted by Gasteiger charge is 2.33. The molecule has 2 aromatic carbocycles. The second kappa shape index (κ2) is 5.73. The molecule has 0 amide bonds. The molecule has 2 aromatic rings. The molecule has 112 valence electrons. The van der Waals surface area contributed by atoms with Crippen molar-refractivity contribution < 1.29 is 22.7 Å². The molecule has 0 radical (unpaired) electrons. The zero-order valence-corrected chi connectivity index (χ0v) is 11.2. The number of aliphatic hydroxyl groups is 1. The van der Waals surface area contributed by atoms with Gasteiger partial charge in [0.2, 0.25) is 0 Å². The van der Waals surface area contributed by atoms with E-state index in [4.69, 9.17) is 5.11 Å². The van der Waals surface area contributed by atoms with Gasteiger partial charge in [0, 0.05) is 12.7 Å². The molecule has 1 N–H and O–H groups in total. The van der Waals surface area contributed by atoms with Crippen molar-refractivity contribution in [3.8, 4) is 0 Å². The number of benzene rings is 2. The van der Waals surface area contributed by atoms with Gasteiger partial charge in [-0.25, -0.2) is 4.39 Å². The minimum absolute atomic E-state index is 0.169. The van der Waals surface area contributed by atoms with Crippen molar-refractivity contribution in [3.05, 3.63) is 59.4 Å². The van der Waals surface area contributed by atoms with E-state index >= 15 is 0 Å². The van der Waals surface area contributed by atoms with E-state index in [-0.39, 0.29) is 16.9 Å². The lowest BCUT2D eigenvalue weighted by Crippen LogP contribution is -2.15. The number of hydrogen-bond donors (Lipinski definition) is 1. The number of nitrogens with zero attached hydrogens (tertiary/aromatic N) is 1. The van der Waals surface area contributed by atoms with Crippen molar-refractivity contribution in [2.45, 2.75) is 12.8 Å². The van der Waals surface area contributed by atoms with Crippen LogP contribution in [0.3, 0.4) is 0 Å². The Hall–Kier alpha value is -2.08. The summed E-state index contributed by atoms with van der Waals surface area (Å²) < 4.78 is 52.6. The predicted octanol–water partition coefficient (Wildman–Crippen LogP) is 4.10. The standard InChI is InChI=1S/C15H13F4NO/c1-20(14-5-3-2-4-13(14)16)11-7-6-10(9-21)12(8-11)15(17,18)19/h2-8,21H,9H2,1H3. The highest BCUT2D eigenvalue weighted by Crippen LogP contribution is 2.36. The van der Waals surface area contributed by atoms with E-state index in [1.54, 1.807) is 6.07 Å². The van der Waals surface area contributed by atoms with Gasteiger partial charge in [0.25, 0.3) is 0 Å². The zero-order chi connectivity index (χ0) is 15.6. The Kier molecular flexibility index (Phi) is 4.18. The fraction of sp³-hybridized carbons (Fsp3) is 0.200. The molecule has 0 atom stereocenters. The van der Waals surface area contributed by atoms with E-state index in [1.807, 2.05) is 0 Å². The van der Waals surface area contributed by atoms with Gasteiger partial charge >= 0.3 is 6.18 Å². The average Bonchev–Trinajstić information content (AvgIpc) is 2.45. The maximum absolute atomic E-state index is 13.7. The first-order valence-electron chi connectivity index (χ1n) is 6.14. The number of anilines is 2. The molecule has 0 aliphatic carbocycles. The summed E-state index contributed by atoms with van der Waals surface area (Å²) in [5.41, 5.74) is -0.786. The quantitative estimate of drug-likeness (QED) is 0.862. The summed E-state index contributed by atoms with van der Waals surface area (Å²) in [5.74, 6) is -0.528. The molecule has 0 saturated carbocycles. The fourth-order valence-corrected chi connectivity index (χ4v) is 2.04. The summed E-state index contributed by atoms with van der Waals surface area (Å²) in [7, 11) is 1.48. The number of hydrogen-bond acceptors (Lipinski definition) is 2. The molecule has 2 rings (SSSR count). The smallest absolute Gasteiger partial charge is 0.392 e. The van der Waals surface area contributed by atoms with Gasteiger partial charge in [0.15, 0.2) is 0 Å². The highest BCUT2D eigenvalue weighted by atomic mass is 19.4. The Balaban J connectivity index is 2.48. The van der Waals surface area contributed by atoms with E-state index in [1.165, 1.54) is 42.3 Å². The maximum Gasteiger partial charge on any atom is 0.416 e. The van der Waals surface area contributed by atoms with E-state index in [9.17, 15) is 17.6 Å². The largest absolute Gasteiger partial charge is 0.416 e. The van der Waals surface area contributed by atoms with Gasteiger partial charge in [0.05, 0.1) is 17.9 Å². The minimum Gasteiger partial charge on any atom is -0.392 e. The lowest BCUT2D eigenvalue weighted by molar-refractivity contribution is -0.138. The van der Waals surface area contributed by atoms with Crippen LogP contribution in [0, 0.1) is 5.82 Å². The fourth-order valence-electron chi connectivity index (χ4n) is 2.04. The number of halogens is 4. The summed E-state index contributed by atoms with van der Waals surface area (Å²) in [4.78, 5) is 1.33. The Morgan fingerprint density at radius 1 is 1.10 bits per heavy atom. The van der Waals surface area contributed by atoms with Crippen LogP contribution in [0.15, 0.2) is 42.5 Å². The average molecular weight is 299 g/mol. The molecule has 2 nitrogen and oxygen atoms in total. The second-order valence-electron chi connectivity index (χ2n) is 4.51. The molecule has 0 heterocycles. The van der Waals surface area contributed by atoms with E-state index in [2.05, 4.69) is 0 Å². The molecule has 6 heteroatoms. The molecule has 0 saturated heterocycles. The number of aliphatic hydroxyl groups excluding tert-OH is 1. The van der Waals surface area contributed by atoms with Crippen LogP contribution in [-0.2, 0) is 12.8 Å². The van der Waals surface area contributed by atoms with E-state index in [0.717, 1.165) is 6.07 Å². The topological polar surface area (TPSA) is 23.5 Å².